The molecule has 2 heterocycles. The van der Waals surface area contributed by atoms with E-state index in [9.17, 15) is 14.4 Å². The molecule has 0 radical (unpaired) electrons. The van der Waals surface area contributed by atoms with Crippen LogP contribution < -0.4 is 10.2 Å². The number of esters is 1. The number of carbonyl (C=O) groups is 3. The number of benzene rings is 2. The molecule has 1 saturated carbocycles. The fourth-order valence-corrected chi connectivity index (χ4v) is 4.82. The van der Waals surface area contributed by atoms with Gasteiger partial charge in [-0.3, -0.25) is 14.5 Å². The molecule has 10 nitrogen and oxygen atoms in total. The van der Waals surface area contributed by atoms with Crippen molar-refractivity contribution >= 4 is 34.5 Å². The largest absolute Gasteiger partial charge is 0.467 e. The summed E-state index contributed by atoms with van der Waals surface area (Å²) in [5, 5.41) is 11.4. The minimum atomic E-state index is -1.07. The number of hydrogen-bond donors (Lipinski definition) is 1. The third-order valence-electron chi connectivity index (χ3n) is 6.65. The van der Waals surface area contributed by atoms with E-state index in [0.29, 0.717) is 28.0 Å². The lowest BCUT2D eigenvalue weighted by Gasteiger charge is -2.31. The van der Waals surface area contributed by atoms with E-state index in [1.807, 2.05) is 24.3 Å². The highest BCUT2D eigenvalue weighted by Crippen LogP contribution is 2.30. The van der Waals surface area contributed by atoms with Gasteiger partial charge in [0.2, 0.25) is 5.91 Å². The van der Waals surface area contributed by atoms with Crippen LogP contribution in [0.25, 0.3) is 11.0 Å². The van der Waals surface area contributed by atoms with Crippen LogP contribution >= 0.6 is 0 Å². The zero-order chi connectivity index (χ0) is 26.5. The number of anilines is 1. The van der Waals surface area contributed by atoms with E-state index >= 15 is 0 Å². The van der Waals surface area contributed by atoms with Crippen molar-refractivity contribution in [3.05, 3.63) is 78.3 Å². The summed E-state index contributed by atoms with van der Waals surface area (Å²) in [7, 11) is 0. The molecule has 0 bridgehead atoms. The maximum absolute atomic E-state index is 14.0. The van der Waals surface area contributed by atoms with Gasteiger partial charge in [-0.25, -0.2) is 9.48 Å². The monoisotopic (exact) mass is 515 g/mol. The molecule has 1 atom stereocenters. The molecule has 1 unspecified atom stereocenters. The second-order valence-corrected chi connectivity index (χ2v) is 9.17. The third-order valence-corrected chi connectivity index (χ3v) is 6.65. The quantitative estimate of drug-likeness (QED) is 0.334. The molecule has 4 aromatic rings. The van der Waals surface area contributed by atoms with Crippen LogP contribution in [-0.4, -0.2) is 45.4 Å². The second-order valence-electron chi connectivity index (χ2n) is 9.17. The molecule has 1 fully saturated rings. The summed E-state index contributed by atoms with van der Waals surface area (Å²) in [5.74, 6) is -0.870. The number of hydrogen-bond acceptors (Lipinski definition) is 7. The van der Waals surface area contributed by atoms with Gasteiger partial charge in [-0.15, -0.1) is 5.10 Å². The number of furan rings is 1. The van der Waals surface area contributed by atoms with E-state index in [1.54, 1.807) is 43.3 Å². The Morgan fingerprint density at radius 1 is 1.08 bits per heavy atom. The molecule has 38 heavy (non-hydrogen) atoms. The molecule has 0 spiro atoms. The lowest BCUT2D eigenvalue weighted by atomic mass is 10.1. The first kappa shape index (κ1) is 25.2. The first-order valence-electron chi connectivity index (χ1n) is 12.8. The fraction of sp³-hybridized carbons (Fsp3) is 0.321. The number of nitrogens with one attached hydrogen (secondary N) is 1. The van der Waals surface area contributed by atoms with E-state index in [1.165, 1.54) is 15.8 Å². The summed E-state index contributed by atoms with van der Waals surface area (Å²) in [6.45, 7) is 1.82. The molecular formula is C28H29N5O5. The Morgan fingerprint density at radius 3 is 2.55 bits per heavy atom. The summed E-state index contributed by atoms with van der Waals surface area (Å²) in [6, 6.07) is 16.1. The van der Waals surface area contributed by atoms with Gasteiger partial charge in [0.15, 0.2) is 6.04 Å². The molecule has 1 N–H and O–H groups in total. The first-order chi connectivity index (χ1) is 18.5. The SMILES string of the molecule is CCOC(=O)c1ccc(N(C(=O)Cn2nnc3ccccc32)C(C(=O)NC2CCCC2)c2ccco2)cc1. The maximum atomic E-state index is 14.0. The van der Waals surface area contributed by atoms with Crippen LogP contribution in [0, 0.1) is 0 Å². The Hall–Kier alpha value is -4.47. The smallest absolute Gasteiger partial charge is 0.338 e. The number of ether oxygens (including phenoxy) is 1. The highest BCUT2D eigenvalue weighted by molar-refractivity contribution is 6.01. The molecular weight excluding hydrogens is 486 g/mol. The Labute approximate surface area is 219 Å². The third kappa shape index (κ3) is 5.29. The topological polar surface area (TPSA) is 120 Å². The Morgan fingerprint density at radius 2 is 1.84 bits per heavy atom. The summed E-state index contributed by atoms with van der Waals surface area (Å²) in [5.41, 5.74) is 2.13. The average molecular weight is 516 g/mol. The van der Waals surface area contributed by atoms with Gasteiger partial charge in [0.25, 0.3) is 5.91 Å². The lowest BCUT2D eigenvalue weighted by molar-refractivity contribution is -0.127. The minimum Gasteiger partial charge on any atom is -0.467 e. The first-order valence-corrected chi connectivity index (χ1v) is 12.8. The van der Waals surface area contributed by atoms with Crippen LogP contribution in [0.1, 0.15) is 54.8 Å². The molecule has 10 heteroatoms. The van der Waals surface area contributed by atoms with Crippen molar-refractivity contribution in [3.63, 3.8) is 0 Å². The van der Waals surface area contributed by atoms with E-state index in [-0.39, 0.29) is 25.1 Å². The second kappa shape index (κ2) is 11.3. The Bertz CT molecular complexity index is 1410. The molecule has 196 valence electrons. The van der Waals surface area contributed by atoms with Crippen molar-refractivity contribution in [3.8, 4) is 0 Å². The van der Waals surface area contributed by atoms with Crippen molar-refractivity contribution in [2.45, 2.75) is 51.2 Å². The summed E-state index contributed by atoms with van der Waals surface area (Å²) in [6.07, 6.45) is 5.36. The van der Waals surface area contributed by atoms with Crippen molar-refractivity contribution in [1.29, 1.82) is 0 Å². The van der Waals surface area contributed by atoms with Crippen LogP contribution in [0.4, 0.5) is 5.69 Å². The van der Waals surface area contributed by atoms with E-state index < -0.39 is 17.9 Å². The summed E-state index contributed by atoms with van der Waals surface area (Å²) in [4.78, 5) is 41.3. The number of carbonyl (C=O) groups excluding carboxylic acids is 3. The number of amides is 2. The van der Waals surface area contributed by atoms with Crippen LogP contribution in [0.3, 0.4) is 0 Å². The van der Waals surface area contributed by atoms with Gasteiger partial charge in [0.05, 0.1) is 24.0 Å². The fourth-order valence-electron chi connectivity index (χ4n) is 4.82. The Balaban J connectivity index is 1.53. The highest BCUT2D eigenvalue weighted by atomic mass is 16.5. The van der Waals surface area contributed by atoms with E-state index in [0.717, 1.165) is 25.7 Å². The van der Waals surface area contributed by atoms with Gasteiger partial charge in [0, 0.05) is 11.7 Å². The molecule has 5 rings (SSSR count). The Kier molecular flexibility index (Phi) is 7.48. The van der Waals surface area contributed by atoms with E-state index in [4.69, 9.17) is 9.15 Å². The predicted molar refractivity (Wildman–Crippen MR) is 139 cm³/mol. The number of aromatic nitrogens is 3. The zero-order valence-corrected chi connectivity index (χ0v) is 21.1. The molecule has 2 amide bonds. The van der Waals surface area contributed by atoms with Gasteiger partial charge in [0.1, 0.15) is 17.8 Å². The normalized spacial score (nSPS) is 14.3. The maximum Gasteiger partial charge on any atom is 0.338 e. The van der Waals surface area contributed by atoms with Crippen LogP contribution in [0.15, 0.2) is 71.3 Å². The zero-order valence-electron chi connectivity index (χ0n) is 21.1. The van der Waals surface area contributed by atoms with Crippen LogP contribution in [0.2, 0.25) is 0 Å². The van der Waals surface area contributed by atoms with Crippen molar-refractivity contribution < 1.29 is 23.5 Å². The van der Waals surface area contributed by atoms with Crippen LogP contribution in [0.5, 0.6) is 0 Å². The lowest BCUT2D eigenvalue weighted by Crippen LogP contribution is -2.47. The summed E-state index contributed by atoms with van der Waals surface area (Å²) < 4.78 is 12.3. The van der Waals surface area contributed by atoms with Crippen LogP contribution in [-0.2, 0) is 20.9 Å². The molecule has 1 aliphatic rings. The molecule has 1 aliphatic carbocycles. The van der Waals surface area contributed by atoms with Crippen molar-refractivity contribution in [2.75, 3.05) is 11.5 Å². The van der Waals surface area contributed by atoms with Gasteiger partial charge in [-0.1, -0.05) is 30.2 Å². The summed E-state index contributed by atoms with van der Waals surface area (Å²) >= 11 is 0. The van der Waals surface area contributed by atoms with Gasteiger partial charge in [-0.05, 0) is 68.3 Å². The van der Waals surface area contributed by atoms with Crippen molar-refractivity contribution in [2.24, 2.45) is 0 Å². The standard InChI is InChI=1S/C28H29N5O5/c1-2-37-28(36)19-13-15-21(16-14-19)33(25(34)18-32-23-11-6-5-10-22(23)30-31-32)26(24-12-7-17-38-24)27(35)29-20-8-3-4-9-20/h5-7,10-17,20,26H,2-4,8-9,18H2,1H3,(H,29,35). The number of fused-ring (bicyclic) bond motifs is 1. The van der Waals surface area contributed by atoms with Gasteiger partial charge < -0.3 is 14.5 Å². The minimum absolute atomic E-state index is 0.0439. The average Bonchev–Trinajstić information content (AvgIpc) is 3.71. The molecule has 2 aromatic heterocycles. The predicted octanol–water partition coefficient (Wildman–Crippen LogP) is 4.03. The van der Waals surface area contributed by atoms with E-state index in [2.05, 4.69) is 15.6 Å². The molecule has 0 saturated heterocycles. The van der Waals surface area contributed by atoms with Gasteiger partial charge in [-0.2, -0.15) is 0 Å². The molecule has 0 aliphatic heterocycles. The number of para-hydroxylation sites is 1. The highest BCUT2D eigenvalue weighted by Gasteiger charge is 2.36. The van der Waals surface area contributed by atoms with Gasteiger partial charge >= 0.3 is 5.97 Å². The molecule has 2 aromatic carbocycles. The van der Waals surface area contributed by atoms with Crippen molar-refractivity contribution in [1.82, 2.24) is 20.3 Å². The number of nitrogens with zero attached hydrogens (tertiary/aromatic N) is 4. The number of rotatable bonds is 9.